The van der Waals surface area contributed by atoms with Gasteiger partial charge in [-0.3, -0.25) is 0 Å². The highest BCUT2D eigenvalue weighted by Gasteiger charge is 2.17. The number of benzene rings is 2. The molecule has 0 saturated carbocycles. The van der Waals surface area contributed by atoms with Crippen molar-refractivity contribution in [3.63, 3.8) is 0 Å². The topological polar surface area (TPSA) is 106 Å². The van der Waals surface area contributed by atoms with Crippen molar-refractivity contribution in [2.24, 2.45) is 0 Å². The van der Waals surface area contributed by atoms with E-state index in [0.29, 0.717) is 17.1 Å². The summed E-state index contributed by atoms with van der Waals surface area (Å²) in [6.07, 6.45) is 0. The molecule has 0 heterocycles. The summed E-state index contributed by atoms with van der Waals surface area (Å²) in [5.74, 6) is 1.28. The van der Waals surface area contributed by atoms with E-state index in [4.69, 9.17) is 9.47 Å². The maximum absolute atomic E-state index is 12.5. The second kappa shape index (κ2) is 10.3. The van der Waals surface area contributed by atoms with E-state index in [-0.39, 0.29) is 24.0 Å². The van der Waals surface area contributed by atoms with E-state index in [1.54, 1.807) is 51.5 Å². The number of aryl methyl sites for hydroxylation is 2. The quantitative estimate of drug-likeness (QED) is 0.525. The molecule has 0 spiro atoms. The first-order chi connectivity index (χ1) is 14.2. The van der Waals surface area contributed by atoms with Gasteiger partial charge in [-0.1, -0.05) is 12.1 Å². The minimum Gasteiger partial charge on any atom is -0.497 e. The Morgan fingerprint density at radius 1 is 1.03 bits per heavy atom. The van der Waals surface area contributed by atoms with Gasteiger partial charge in [-0.25, -0.2) is 17.9 Å². The third kappa shape index (κ3) is 6.11. The van der Waals surface area contributed by atoms with E-state index in [9.17, 15) is 13.2 Å². The van der Waals surface area contributed by atoms with Crippen LogP contribution < -0.4 is 24.8 Å². The molecule has 1 atom stereocenters. The number of hydrogen-bond acceptors (Lipinski definition) is 5. The van der Waals surface area contributed by atoms with Crippen LogP contribution in [0.3, 0.4) is 0 Å². The first-order valence-corrected chi connectivity index (χ1v) is 11.0. The number of carbonyl (C=O) groups is 1. The summed E-state index contributed by atoms with van der Waals surface area (Å²) in [5.41, 5.74) is 2.29. The van der Waals surface area contributed by atoms with Gasteiger partial charge in [-0.05, 0) is 56.2 Å². The Labute approximate surface area is 178 Å². The highest BCUT2D eigenvalue weighted by Crippen LogP contribution is 2.29. The van der Waals surface area contributed by atoms with E-state index in [2.05, 4.69) is 15.4 Å². The largest absolute Gasteiger partial charge is 0.497 e. The first kappa shape index (κ1) is 23.5. The van der Waals surface area contributed by atoms with E-state index in [0.717, 1.165) is 11.1 Å². The summed E-state index contributed by atoms with van der Waals surface area (Å²) in [6.45, 7) is 5.61. The number of ether oxygens (including phenoxy) is 2. The van der Waals surface area contributed by atoms with Crippen molar-refractivity contribution in [1.29, 1.82) is 0 Å². The number of nitrogens with one attached hydrogen (secondary N) is 3. The molecule has 9 heteroatoms. The van der Waals surface area contributed by atoms with Gasteiger partial charge in [0.1, 0.15) is 11.5 Å². The molecule has 0 fully saturated rings. The van der Waals surface area contributed by atoms with Crippen molar-refractivity contribution in [3.8, 4) is 11.5 Å². The van der Waals surface area contributed by atoms with Crippen LogP contribution in [0.4, 0.5) is 4.79 Å². The average molecular weight is 436 g/mol. The molecule has 0 bridgehead atoms. The molecule has 0 aliphatic heterocycles. The van der Waals surface area contributed by atoms with Crippen LogP contribution in [-0.4, -0.2) is 41.8 Å². The second-order valence-electron chi connectivity index (χ2n) is 6.90. The molecule has 164 valence electrons. The molecule has 30 heavy (non-hydrogen) atoms. The Morgan fingerprint density at radius 3 is 2.43 bits per heavy atom. The van der Waals surface area contributed by atoms with Crippen LogP contribution in [0.5, 0.6) is 11.5 Å². The Morgan fingerprint density at radius 2 is 1.77 bits per heavy atom. The third-order valence-electron chi connectivity index (χ3n) is 4.59. The van der Waals surface area contributed by atoms with E-state index in [1.165, 1.54) is 0 Å². The monoisotopic (exact) mass is 435 g/mol. The smallest absolute Gasteiger partial charge is 0.315 e. The molecule has 0 saturated heterocycles. The van der Waals surface area contributed by atoms with E-state index >= 15 is 0 Å². The summed E-state index contributed by atoms with van der Waals surface area (Å²) in [6, 6.07) is 9.83. The fourth-order valence-corrected chi connectivity index (χ4v) is 4.30. The molecular weight excluding hydrogens is 406 g/mol. The predicted octanol–water partition coefficient (Wildman–Crippen LogP) is 2.66. The zero-order valence-corrected chi connectivity index (χ0v) is 18.7. The predicted molar refractivity (Wildman–Crippen MR) is 116 cm³/mol. The lowest BCUT2D eigenvalue weighted by Gasteiger charge is -2.18. The van der Waals surface area contributed by atoms with E-state index < -0.39 is 16.1 Å². The maximum atomic E-state index is 12.5. The summed E-state index contributed by atoms with van der Waals surface area (Å²) in [5, 5.41) is 5.46. The molecule has 0 radical (unpaired) electrons. The molecule has 2 aromatic rings. The lowest BCUT2D eigenvalue weighted by atomic mass is 10.1. The van der Waals surface area contributed by atoms with Gasteiger partial charge in [0, 0.05) is 18.7 Å². The van der Waals surface area contributed by atoms with Crippen LogP contribution in [0.25, 0.3) is 0 Å². The standard InChI is InChI=1S/C21H29N3O5S/c1-14-6-7-15(2)20(12-14)30(26,27)23-11-10-22-21(25)24-16(3)18-13-17(28-4)8-9-19(18)29-5/h6-9,12-13,16,23H,10-11H2,1-5H3,(H2,22,24,25). The second-order valence-corrected chi connectivity index (χ2v) is 8.63. The molecule has 0 aliphatic rings. The van der Waals surface area contributed by atoms with Crippen molar-refractivity contribution in [3.05, 3.63) is 53.1 Å². The minimum absolute atomic E-state index is 0.0694. The molecule has 2 aromatic carbocycles. The van der Waals surface area contributed by atoms with Crippen LogP contribution in [-0.2, 0) is 10.0 Å². The molecule has 0 aliphatic carbocycles. The summed E-state index contributed by atoms with van der Waals surface area (Å²) in [4.78, 5) is 12.4. The molecule has 1 unspecified atom stereocenters. The SMILES string of the molecule is COc1ccc(OC)c(C(C)NC(=O)NCCNS(=O)(=O)c2cc(C)ccc2C)c1. The van der Waals surface area contributed by atoms with Gasteiger partial charge in [0.25, 0.3) is 0 Å². The number of methoxy groups -OCH3 is 2. The van der Waals surface area contributed by atoms with Gasteiger partial charge < -0.3 is 20.1 Å². The number of rotatable bonds is 9. The fourth-order valence-electron chi connectivity index (χ4n) is 2.94. The first-order valence-electron chi connectivity index (χ1n) is 9.51. The summed E-state index contributed by atoms with van der Waals surface area (Å²) < 4.78 is 38.0. The zero-order valence-electron chi connectivity index (χ0n) is 17.9. The Balaban J connectivity index is 1.89. The van der Waals surface area contributed by atoms with E-state index in [1.807, 2.05) is 19.9 Å². The lowest BCUT2D eigenvalue weighted by Crippen LogP contribution is -2.41. The van der Waals surface area contributed by atoms with Crippen molar-refractivity contribution in [1.82, 2.24) is 15.4 Å². The number of urea groups is 1. The molecule has 2 rings (SSSR count). The van der Waals surface area contributed by atoms with Crippen molar-refractivity contribution >= 4 is 16.1 Å². The lowest BCUT2D eigenvalue weighted by molar-refractivity contribution is 0.238. The number of amides is 2. The van der Waals surface area contributed by atoms with Crippen molar-refractivity contribution < 1.29 is 22.7 Å². The Bertz CT molecular complexity index is 992. The van der Waals surface area contributed by atoms with Gasteiger partial charge in [0.2, 0.25) is 10.0 Å². The summed E-state index contributed by atoms with van der Waals surface area (Å²) in [7, 11) is -0.525. The Kier molecular flexibility index (Phi) is 8.08. The Hall–Kier alpha value is -2.78. The third-order valence-corrected chi connectivity index (χ3v) is 6.19. The summed E-state index contributed by atoms with van der Waals surface area (Å²) >= 11 is 0. The van der Waals surface area contributed by atoms with Crippen LogP contribution in [0, 0.1) is 13.8 Å². The number of carbonyl (C=O) groups excluding carboxylic acids is 1. The van der Waals surface area contributed by atoms with Gasteiger partial charge >= 0.3 is 6.03 Å². The fraction of sp³-hybridized carbons (Fsp3) is 0.381. The van der Waals surface area contributed by atoms with Crippen molar-refractivity contribution in [2.75, 3.05) is 27.3 Å². The van der Waals surface area contributed by atoms with Gasteiger partial charge in [0.15, 0.2) is 0 Å². The van der Waals surface area contributed by atoms with Crippen LogP contribution in [0.15, 0.2) is 41.3 Å². The molecule has 0 aromatic heterocycles. The molecular formula is C21H29N3O5S. The van der Waals surface area contributed by atoms with Crippen LogP contribution >= 0.6 is 0 Å². The molecule has 2 amide bonds. The minimum atomic E-state index is -3.65. The highest BCUT2D eigenvalue weighted by molar-refractivity contribution is 7.89. The van der Waals surface area contributed by atoms with Gasteiger partial charge in [-0.15, -0.1) is 0 Å². The van der Waals surface area contributed by atoms with Crippen LogP contribution in [0.2, 0.25) is 0 Å². The maximum Gasteiger partial charge on any atom is 0.315 e. The normalized spacial score (nSPS) is 12.2. The van der Waals surface area contributed by atoms with Crippen LogP contribution in [0.1, 0.15) is 29.7 Å². The van der Waals surface area contributed by atoms with Gasteiger partial charge in [-0.2, -0.15) is 0 Å². The average Bonchev–Trinajstić information content (AvgIpc) is 2.72. The number of hydrogen-bond donors (Lipinski definition) is 3. The molecule has 3 N–H and O–H groups in total. The van der Waals surface area contributed by atoms with Gasteiger partial charge in [0.05, 0.1) is 25.2 Å². The zero-order chi connectivity index (χ0) is 22.3. The highest BCUT2D eigenvalue weighted by atomic mass is 32.2. The molecule has 8 nitrogen and oxygen atoms in total. The number of sulfonamides is 1. The van der Waals surface area contributed by atoms with Crippen molar-refractivity contribution in [2.45, 2.75) is 31.7 Å².